The number of ether oxygens (including phenoxy) is 1. The SMILES string of the molecule is c1nnc(C2CNCCO2)o1. The number of nitrogens with one attached hydrogen (secondary N) is 1. The topological polar surface area (TPSA) is 60.2 Å². The zero-order valence-corrected chi connectivity index (χ0v) is 5.99. The minimum Gasteiger partial charge on any atom is -0.425 e. The highest BCUT2D eigenvalue weighted by Gasteiger charge is 2.19. The molecule has 1 fully saturated rings. The number of rotatable bonds is 1. The largest absolute Gasteiger partial charge is 0.425 e. The minimum absolute atomic E-state index is 0.0637. The van der Waals surface area contributed by atoms with Crippen LogP contribution in [0.2, 0.25) is 0 Å². The van der Waals surface area contributed by atoms with Crippen molar-refractivity contribution < 1.29 is 9.15 Å². The normalized spacial score (nSPS) is 25.3. The van der Waals surface area contributed by atoms with Crippen molar-refractivity contribution in [3.05, 3.63) is 12.3 Å². The molecule has 0 aromatic carbocycles. The van der Waals surface area contributed by atoms with Crippen LogP contribution in [-0.4, -0.2) is 29.9 Å². The lowest BCUT2D eigenvalue weighted by atomic mass is 10.3. The van der Waals surface area contributed by atoms with Gasteiger partial charge in [0.25, 0.3) is 0 Å². The summed E-state index contributed by atoms with van der Waals surface area (Å²) < 4.78 is 10.3. The van der Waals surface area contributed by atoms with Crippen LogP contribution in [0.25, 0.3) is 0 Å². The molecule has 1 aromatic rings. The molecule has 0 spiro atoms. The van der Waals surface area contributed by atoms with Crippen molar-refractivity contribution in [2.45, 2.75) is 6.10 Å². The molecule has 1 saturated heterocycles. The summed E-state index contributed by atoms with van der Waals surface area (Å²) in [7, 11) is 0. The summed E-state index contributed by atoms with van der Waals surface area (Å²) in [6.07, 6.45) is 1.25. The lowest BCUT2D eigenvalue weighted by Gasteiger charge is -2.19. The van der Waals surface area contributed by atoms with Crippen LogP contribution in [0, 0.1) is 0 Å². The number of hydrogen-bond donors (Lipinski definition) is 1. The fourth-order valence-corrected chi connectivity index (χ4v) is 1.05. The van der Waals surface area contributed by atoms with E-state index in [4.69, 9.17) is 9.15 Å². The highest BCUT2D eigenvalue weighted by molar-refractivity contribution is 4.84. The molecule has 1 aliphatic heterocycles. The van der Waals surface area contributed by atoms with Crippen LogP contribution in [0.5, 0.6) is 0 Å². The zero-order valence-electron chi connectivity index (χ0n) is 5.99. The first kappa shape index (κ1) is 6.75. The van der Waals surface area contributed by atoms with Crippen LogP contribution >= 0.6 is 0 Å². The van der Waals surface area contributed by atoms with E-state index in [-0.39, 0.29) is 6.10 Å². The Hall–Kier alpha value is -0.940. The number of hydrogen-bond acceptors (Lipinski definition) is 5. The molecule has 1 aliphatic rings. The predicted molar refractivity (Wildman–Crippen MR) is 35.9 cm³/mol. The third-order valence-electron chi connectivity index (χ3n) is 1.58. The summed E-state index contributed by atoms with van der Waals surface area (Å²) in [4.78, 5) is 0. The van der Waals surface area contributed by atoms with Crippen LogP contribution < -0.4 is 5.32 Å². The fraction of sp³-hybridized carbons (Fsp3) is 0.667. The highest BCUT2D eigenvalue weighted by atomic mass is 16.5. The average molecular weight is 155 g/mol. The van der Waals surface area contributed by atoms with Crippen molar-refractivity contribution in [3.8, 4) is 0 Å². The Balaban J connectivity index is 2.04. The second kappa shape index (κ2) is 2.98. The molecule has 60 valence electrons. The van der Waals surface area contributed by atoms with E-state index in [0.29, 0.717) is 12.5 Å². The monoisotopic (exact) mass is 155 g/mol. The summed E-state index contributed by atoms with van der Waals surface area (Å²) in [6.45, 7) is 2.35. The summed E-state index contributed by atoms with van der Waals surface area (Å²) in [5.74, 6) is 0.553. The molecule has 1 N–H and O–H groups in total. The van der Waals surface area contributed by atoms with Crippen LogP contribution in [-0.2, 0) is 4.74 Å². The lowest BCUT2D eigenvalue weighted by molar-refractivity contribution is 0.0108. The van der Waals surface area contributed by atoms with E-state index in [9.17, 15) is 0 Å². The summed E-state index contributed by atoms with van der Waals surface area (Å²) in [5, 5.41) is 10.5. The molecule has 1 atom stereocenters. The Morgan fingerprint density at radius 3 is 3.27 bits per heavy atom. The maximum Gasteiger partial charge on any atom is 0.246 e. The van der Waals surface area contributed by atoms with Crippen molar-refractivity contribution >= 4 is 0 Å². The maximum atomic E-state index is 5.36. The molecule has 0 aliphatic carbocycles. The van der Waals surface area contributed by atoms with Gasteiger partial charge in [-0.2, -0.15) is 0 Å². The first-order valence-electron chi connectivity index (χ1n) is 3.55. The van der Waals surface area contributed by atoms with Gasteiger partial charge in [0.05, 0.1) is 6.61 Å². The minimum atomic E-state index is -0.0637. The molecule has 11 heavy (non-hydrogen) atoms. The Kier molecular flexibility index (Phi) is 1.83. The molecule has 5 nitrogen and oxygen atoms in total. The molecule has 0 amide bonds. The second-order valence-corrected chi connectivity index (χ2v) is 2.34. The van der Waals surface area contributed by atoms with Crippen LogP contribution in [0.3, 0.4) is 0 Å². The summed E-state index contributed by atoms with van der Waals surface area (Å²) in [6, 6.07) is 0. The van der Waals surface area contributed by atoms with Gasteiger partial charge in [-0.25, -0.2) is 0 Å². The van der Waals surface area contributed by atoms with Gasteiger partial charge >= 0.3 is 0 Å². The van der Waals surface area contributed by atoms with E-state index in [1.807, 2.05) is 0 Å². The van der Waals surface area contributed by atoms with Gasteiger partial charge in [0.1, 0.15) is 6.10 Å². The van der Waals surface area contributed by atoms with Gasteiger partial charge in [-0.05, 0) is 0 Å². The molecule has 2 rings (SSSR count). The van der Waals surface area contributed by atoms with E-state index in [1.54, 1.807) is 0 Å². The third kappa shape index (κ3) is 1.38. The van der Waals surface area contributed by atoms with Gasteiger partial charge in [0.15, 0.2) is 0 Å². The Bertz CT molecular complexity index is 206. The molecular formula is C6H9N3O2. The molecule has 1 aromatic heterocycles. The lowest BCUT2D eigenvalue weighted by Crippen LogP contribution is -2.33. The summed E-state index contributed by atoms with van der Waals surface area (Å²) in [5.41, 5.74) is 0. The summed E-state index contributed by atoms with van der Waals surface area (Å²) >= 11 is 0. The standard InChI is InChI=1S/C6H9N3O2/c1-2-10-5(3-7-1)6-9-8-4-11-6/h4-5,7H,1-3H2. The van der Waals surface area contributed by atoms with Gasteiger partial charge in [-0.3, -0.25) is 0 Å². The Labute approximate surface area is 63.8 Å². The quantitative estimate of drug-likeness (QED) is 0.605. The Morgan fingerprint density at radius 1 is 1.64 bits per heavy atom. The number of nitrogens with zero attached hydrogens (tertiary/aromatic N) is 2. The van der Waals surface area contributed by atoms with E-state index in [1.165, 1.54) is 6.39 Å². The molecule has 0 radical (unpaired) electrons. The van der Waals surface area contributed by atoms with Crippen LogP contribution in [0.15, 0.2) is 10.8 Å². The van der Waals surface area contributed by atoms with Gasteiger partial charge in [0.2, 0.25) is 12.3 Å². The Morgan fingerprint density at radius 2 is 2.64 bits per heavy atom. The van der Waals surface area contributed by atoms with E-state index in [2.05, 4.69) is 15.5 Å². The van der Waals surface area contributed by atoms with E-state index >= 15 is 0 Å². The molecule has 0 saturated carbocycles. The van der Waals surface area contributed by atoms with Gasteiger partial charge in [0, 0.05) is 13.1 Å². The van der Waals surface area contributed by atoms with E-state index < -0.39 is 0 Å². The molecule has 5 heteroatoms. The smallest absolute Gasteiger partial charge is 0.246 e. The predicted octanol–water partition coefficient (Wildman–Crippen LogP) is -0.270. The van der Waals surface area contributed by atoms with Crippen molar-refractivity contribution in [3.63, 3.8) is 0 Å². The van der Waals surface area contributed by atoms with Crippen molar-refractivity contribution in [1.29, 1.82) is 0 Å². The first-order chi connectivity index (χ1) is 5.47. The third-order valence-corrected chi connectivity index (χ3v) is 1.58. The molecular weight excluding hydrogens is 146 g/mol. The molecule has 2 heterocycles. The van der Waals surface area contributed by atoms with Gasteiger partial charge < -0.3 is 14.5 Å². The highest BCUT2D eigenvalue weighted by Crippen LogP contribution is 2.14. The fourth-order valence-electron chi connectivity index (χ4n) is 1.05. The average Bonchev–Trinajstić information content (AvgIpc) is 2.58. The van der Waals surface area contributed by atoms with Crippen LogP contribution in [0.4, 0.5) is 0 Å². The zero-order chi connectivity index (χ0) is 7.52. The van der Waals surface area contributed by atoms with E-state index in [0.717, 1.165) is 13.1 Å². The number of aromatic nitrogens is 2. The van der Waals surface area contributed by atoms with Gasteiger partial charge in [-0.1, -0.05) is 0 Å². The number of morpholine rings is 1. The second-order valence-electron chi connectivity index (χ2n) is 2.34. The maximum absolute atomic E-state index is 5.36. The van der Waals surface area contributed by atoms with Crippen molar-refractivity contribution in [2.75, 3.05) is 19.7 Å². The first-order valence-corrected chi connectivity index (χ1v) is 3.55. The molecule has 1 unspecified atom stereocenters. The molecule has 0 bridgehead atoms. The van der Waals surface area contributed by atoms with Crippen LogP contribution in [0.1, 0.15) is 12.0 Å². The van der Waals surface area contributed by atoms with Crippen molar-refractivity contribution in [1.82, 2.24) is 15.5 Å². The van der Waals surface area contributed by atoms with Gasteiger partial charge in [-0.15, -0.1) is 10.2 Å². The van der Waals surface area contributed by atoms with Crippen molar-refractivity contribution in [2.24, 2.45) is 0 Å².